The van der Waals surface area contributed by atoms with Gasteiger partial charge >= 0.3 is 6.09 Å². The van der Waals surface area contributed by atoms with Gasteiger partial charge in [-0.1, -0.05) is 58.9 Å². The topological polar surface area (TPSA) is 75.7 Å². The van der Waals surface area contributed by atoms with Crippen molar-refractivity contribution in [1.29, 1.82) is 0 Å². The van der Waals surface area contributed by atoms with Crippen molar-refractivity contribution in [2.45, 2.75) is 73.0 Å². The lowest BCUT2D eigenvalue weighted by Gasteiger charge is -2.28. The summed E-state index contributed by atoms with van der Waals surface area (Å²) in [5.41, 5.74) is 1.89. The van der Waals surface area contributed by atoms with E-state index >= 15 is 0 Å². The fourth-order valence-corrected chi connectivity index (χ4v) is 3.41. The van der Waals surface area contributed by atoms with E-state index in [1.54, 1.807) is 0 Å². The van der Waals surface area contributed by atoms with Gasteiger partial charge in [-0.3, -0.25) is 14.5 Å². The molecule has 168 valence electrons. The van der Waals surface area contributed by atoms with E-state index in [0.717, 1.165) is 24.1 Å². The van der Waals surface area contributed by atoms with Crippen LogP contribution in [0, 0.1) is 11.8 Å². The summed E-state index contributed by atoms with van der Waals surface area (Å²) < 4.78 is 4.76. The average Bonchev–Trinajstić information content (AvgIpc) is 2.75. The highest BCUT2D eigenvalue weighted by Gasteiger charge is 2.24. The molecule has 0 heterocycles. The van der Waals surface area contributed by atoms with Crippen molar-refractivity contribution in [3.8, 4) is 0 Å². The van der Waals surface area contributed by atoms with Crippen LogP contribution in [0.15, 0.2) is 24.3 Å². The van der Waals surface area contributed by atoms with Gasteiger partial charge in [0.15, 0.2) is 5.78 Å². The van der Waals surface area contributed by atoms with Crippen LogP contribution in [0.2, 0.25) is 0 Å². The maximum atomic E-state index is 12.5. The molecule has 1 rings (SSSR count). The molecule has 0 fully saturated rings. The molecule has 1 amide bonds. The second kappa shape index (κ2) is 12.5. The Morgan fingerprint density at radius 3 is 2.30 bits per heavy atom. The van der Waals surface area contributed by atoms with E-state index in [0.29, 0.717) is 6.54 Å². The summed E-state index contributed by atoms with van der Waals surface area (Å²) in [7, 11) is 1.31. The quantitative estimate of drug-likeness (QED) is 0.540. The molecule has 0 spiro atoms. The normalized spacial score (nSPS) is 14.3. The van der Waals surface area contributed by atoms with Crippen LogP contribution in [0.1, 0.15) is 71.6 Å². The lowest BCUT2D eigenvalue weighted by molar-refractivity contribution is -0.127. The summed E-state index contributed by atoms with van der Waals surface area (Å²) in [4.78, 5) is 39.0. The van der Waals surface area contributed by atoms with Gasteiger partial charge in [0, 0.05) is 24.8 Å². The van der Waals surface area contributed by atoms with Crippen LogP contribution in [-0.2, 0) is 20.9 Å². The van der Waals surface area contributed by atoms with Crippen LogP contribution >= 0.6 is 0 Å². The first-order valence-corrected chi connectivity index (χ1v) is 10.9. The number of carbonyl (C=O) groups is 3. The van der Waals surface area contributed by atoms with Gasteiger partial charge in [-0.15, -0.1) is 0 Å². The van der Waals surface area contributed by atoms with E-state index < -0.39 is 12.1 Å². The van der Waals surface area contributed by atoms with Crippen LogP contribution in [0.5, 0.6) is 0 Å². The van der Waals surface area contributed by atoms with Crippen LogP contribution < -0.4 is 5.32 Å². The summed E-state index contributed by atoms with van der Waals surface area (Å²) in [6, 6.07) is 7.21. The molecule has 0 aliphatic rings. The van der Waals surface area contributed by atoms with Crippen molar-refractivity contribution in [2.75, 3.05) is 13.7 Å². The Kier molecular flexibility index (Phi) is 10.7. The van der Waals surface area contributed by atoms with Gasteiger partial charge in [-0.05, 0) is 31.0 Å². The van der Waals surface area contributed by atoms with Crippen LogP contribution in [0.4, 0.5) is 4.79 Å². The predicted octanol–water partition coefficient (Wildman–Crippen LogP) is 4.52. The number of likely N-dealkylation sites (N-methyl/N-ethyl adjacent to an activating group) is 1. The molecule has 0 bridgehead atoms. The van der Waals surface area contributed by atoms with Gasteiger partial charge in [-0.2, -0.15) is 0 Å². The Hall–Kier alpha value is -2.21. The molecule has 0 saturated carbocycles. The molecule has 1 aromatic carbocycles. The van der Waals surface area contributed by atoms with Gasteiger partial charge in [0.2, 0.25) is 0 Å². The van der Waals surface area contributed by atoms with Crippen molar-refractivity contribution in [3.63, 3.8) is 0 Å². The number of ether oxygens (including phenoxy) is 1. The molecular formula is C24H38N2O4. The van der Waals surface area contributed by atoms with Crippen LogP contribution in [0.25, 0.3) is 0 Å². The monoisotopic (exact) mass is 418 g/mol. The summed E-state index contributed by atoms with van der Waals surface area (Å²) in [6.07, 6.45) is 0.415. The maximum absolute atomic E-state index is 12.5. The molecule has 1 aromatic rings. The molecule has 30 heavy (non-hydrogen) atoms. The number of hydrogen-bond acceptors (Lipinski definition) is 5. The molecule has 0 saturated heterocycles. The SMILES string of the molecule is CCC(C)C(=O)CC(NC(=O)OC)c1cccc(CN(CC)C(C)C(=O)C(C)C)c1. The summed E-state index contributed by atoms with van der Waals surface area (Å²) in [6.45, 7) is 13.1. The number of benzene rings is 1. The van der Waals surface area contributed by atoms with Crippen molar-refractivity contribution in [1.82, 2.24) is 10.2 Å². The molecule has 0 aliphatic heterocycles. The predicted molar refractivity (Wildman–Crippen MR) is 119 cm³/mol. The highest BCUT2D eigenvalue weighted by Crippen LogP contribution is 2.23. The highest BCUT2D eigenvalue weighted by atomic mass is 16.5. The third-order valence-electron chi connectivity index (χ3n) is 5.72. The van der Waals surface area contributed by atoms with Gasteiger partial charge in [0.1, 0.15) is 5.78 Å². The van der Waals surface area contributed by atoms with Crippen molar-refractivity contribution < 1.29 is 19.1 Å². The first kappa shape index (κ1) is 25.8. The Labute approximate surface area is 181 Å². The highest BCUT2D eigenvalue weighted by molar-refractivity contribution is 5.85. The second-order valence-electron chi connectivity index (χ2n) is 8.21. The number of rotatable bonds is 12. The third-order valence-corrected chi connectivity index (χ3v) is 5.72. The summed E-state index contributed by atoms with van der Waals surface area (Å²) >= 11 is 0. The number of amides is 1. The molecular weight excluding hydrogens is 380 g/mol. The Bertz CT molecular complexity index is 717. The van der Waals surface area contributed by atoms with E-state index in [1.807, 2.05) is 65.8 Å². The Balaban J connectivity index is 3.09. The lowest BCUT2D eigenvalue weighted by atomic mass is 9.93. The number of carbonyl (C=O) groups excluding carboxylic acids is 3. The van der Waals surface area contributed by atoms with E-state index in [4.69, 9.17) is 4.74 Å². The maximum Gasteiger partial charge on any atom is 0.407 e. The smallest absolute Gasteiger partial charge is 0.407 e. The summed E-state index contributed by atoms with van der Waals surface area (Å²) in [5, 5.41) is 2.79. The first-order valence-electron chi connectivity index (χ1n) is 10.9. The van der Waals surface area contributed by atoms with Crippen molar-refractivity contribution in [3.05, 3.63) is 35.4 Å². The fourth-order valence-electron chi connectivity index (χ4n) is 3.41. The molecule has 0 radical (unpaired) electrons. The van der Waals surface area contributed by atoms with Gasteiger partial charge < -0.3 is 10.1 Å². The number of nitrogens with zero attached hydrogens (tertiary/aromatic N) is 1. The van der Waals surface area contributed by atoms with E-state index in [-0.39, 0.29) is 35.9 Å². The molecule has 0 aromatic heterocycles. The van der Waals surface area contributed by atoms with Gasteiger partial charge in [0.05, 0.1) is 19.2 Å². The molecule has 3 atom stereocenters. The molecule has 3 unspecified atom stereocenters. The summed E-state index contributed by atoms with van der Waals surface area (Å²) in [5.74, 6) is 0.252. The van der Waals surface area contributed by atoms with Crippen LogP contribution in [-0.4, -0.2) is 42.3 Å². The minimum atomic E-state index is -0.561. The van der Waals surface area contributed by atoms with Gasteiger partial charge in [0.25, 0.3) is 0 Å². The van der Waals surface area contributed by atoms with Crippen molar-refractivity contribution in [2.24, 2.45) is 11.8 Å². The molecule has 0 aliphatic carbocycles. The zero-order chi connectivity index (χ0) is 22.8. The molecule has 6 heteroatoms. The number of ketones is 2. The van der Waals surface area contributed by atoms with E-state index in [9.17, 15) is 14.4 Å². The third kappa shape index (κ3) is 7.56. The zero-order valence-electron chi connectivity index (χ0n) is 19.5. The van der Waals surface area contributed by atoms with E-state index in [2.05, 4.69) is 10.2 Å². The van der Waals surface area contributed by atoms with E-state index in [1.165, 1.54) is 7.11 Å². The van der Waals surface area contributed by atoms with Crippen molar-refractivity contribution >= 4 is 17.7 Å². The minimum Gasteiger partial charge on any atom is -0.453 e. The Morgan fingerprint density at radius 2 is 1.77 bits per heavy atom. The molecule has 6 nitrogen and oxygen atoms in total. The zero-order valence-corrected chi connectivity index (χ0v) is 19.5. The van der Waals surface area contributed by atoms with Crippen LogP contribution in [0.3, 0.4) is 0 Å². The minimum absolute atomic E-state index is 0.0133. The number of alkyl carbamates (subject to hydrolysis) is 1. The van der Waals surface area contributed by atoms with Gasteiger partial charge in [-0.25, -0.2) is 4.79 Å². The molecule has 1 N–H and O–H groups in total. The standard InChI is InChI=1S/C24H38N2O4/c1-8-17(5)22(27)14-21(25-24(29)30-7)20-12-10-11-19(13-20)15-26(9-2)18(6)23(28)16(3)4/h10-13,16-18,21H,8-9,14-15H2,1-7H3,(H,25,29). The number of methoxy groups -OCH3 is 1. The number of nitrogens with one attached hydrogen (secondary N) is 1. The average molecular weight is 419 g/mol. The number of Topliss-reactive ketones (excluding diaryl/α,β-unsaturated/α-hetero) is 2. The number of hydrogen-bond donors (Lipinski definition) is 1. The largest absolute Gasteiger partial charge is 0.453 e. The fraction of sp³-hybridized carbons (Fsp3) is 0.625. The first-order chi connectivity index (χ1) is 14.1. The second-order valence-corrected chi connectivity index (χ2v) is 8.21. The lowest BCUT2D eigenvalue weighted by Crippen LogP contribution is -2.40. The Morgan fingerprint density at radius 1 is 1.10 bits per heavy atom.